The van der Waals surface area contributed by atoms with Crippen LogP contribution >= 0.6 is 0 Å². The molecule has 9 atom stereocenters. The van der Waals surface area contributed by atoms with Gasteiger partial charge < -0.3 is 5.11 Å². The molecule has 4 aliphatic carbocycles. The Morgan fingerprint density at radius 2 is 2.00 bits per heavy atom. The van der Waals surface area contributed by atoms with Gasteiger partial charge in [-0.3, -0.25) is 9.63 Å². The fraction of sp³-hybridized carbons (Fsp3) is 0.897. The van der Waals surface area contributed by atoms with Crippen molar-refractivity contribution in [3.05, 3.63) is 11.6 Å². The van der Waals surface area contributed by atoms with E-state index in [0.717, 1.165) is 55.8 Å². The van der Waals surface area contributed by atoms with Gasteiger partial charge in [0.25, 0.3) is 0 Å². The van der Waals surface area contributed by atoms with E-state index >= 15 is 0 Å². The van der Waals surface area contributed by atoms with Crippen molar-refractivity contribution in [3.63, 3.8) is 0 Å². The highest BCUT2D eigenvalue weighted by molar-refractivity contribution is 5.75. The summed E-state index contributed by atoms with van der Waals surface area (Å²) in [4.78, 5) is 18.5. The summed E-state index contributed by atoms with van der Waals surface area (Å²) in [6.45, 7) is 10.3. The Labute approximate surface area is 201 Å². The normalized spacial score (nSPS) is 46.1. The number of hydrogen-bond donors (Lipinski definition) is 1. The lowest BCUT2D eigenvalue weighted by molar-refractivity contribution is -0.212. The number of hydroxylamine groups is 2. The van der Waals surface area contributed by atoms with Gasteiger partial charge >= 0.3 is 0 Å². The SMILES string of the molecule is CC(CCC(=O)N1OCCC[C@@H]1C)[C@H]1CC[C@H]2[C@@H]3CC=C4C[C@@H](O)CC[C@]4(C)[C@H]3CC[C@]12C. The predicted octanol–water partition coefficient (Wildman–Crippen LogP) is 6.29. The molecule has 0 radical (unpaired) electrons. The summed E-state index contributed by atoms with van der Waals surface area (Å²) in [5.41, 5.74) is 2.32. The number of carbonyl (C=O) groups is 1. The quantitative estimate of drug-likeness (QED) is 0.505. The van der Waals surface area contributed by atoms with E-state index in [-0.39, 0.29) is 18.1 Å². The molecule has 1 saturated heterocycles. The van der Waals surface area contributed by atoms with Crippen LogP contribution in [0.5, 0.6) is 0 Å². The van der Waals surface area contributed by atoms with Crippen LogP contribution in [0.3, 0.4) is 0 Å². The monoisotopic (exact) mass is 457 g/mol. The van der Waals surface area contributed by atoms with Crippen LogP contribution in [0.15, 0.2) is 11.6 Å². The van der Waals surface area contributed by atoms with Gasteiger partial charge in [0.15, 0.2) is 0 Å². The summed E-state index contributed by atoms with van der Waals surface area (Å²) in [6, 6.07) is 0.219. The number of hydrogen-bond acceptors (Lipinski definition) is 3. The smallest absolute Gasteiger partial charge is 0.246 e. The molecule has 33 heavy (non-hydrogen) atoms. The minimum Gasteiger partial charge on any atom is -0.393 e. The summed E-state index contributed by atoms with van der Waals surface area (Å²) < 4.78 is 0. The first-order chi connectivity index (χ1) is 15.7. The second-order valence-electron chi connectivity index (χ2n) is 12.9. The lowest BCUT2D eigenvalue weighted by Crippen LogP contribution is -2.50. The van der Waals surface area contributed by atoms with Crippen LogP contribution in [0.25, 0.3) is 0 Å². The molecule has 4 heteroatoms. The molecule has 4 nitrogen and oxygen atoms in total. The minimum atomic E-state index is -0.118. The second kappa shape index (κ2) is 8.97. The van der Waals surface area contributed by atoms with E-state index in [1.807, 2.05) is 0 Å². The van der Waals surface area contributed by atoms with Gasteiger partial charge in [-0.1, -0.05) is 32.4 Å². The molecule has 0 aromatic carbocycles. The number of fused-ring (bicyclic) bond motifs is 5. The van der Waals surface area contributed by atoms with Gasteiger partial charge in [0, 0.05) is 6.42 Å². The molecule has 1 unspecified atom stereocenters. The van der Waals surface area contributed by atoms with E-state index in [4.69, 9.17) is 4.84 Å². The molecular formula is C29H47NO3. The van der Waals surface area contributed by atoms with Crippen molar-refractivity contribution in [1.29, 1.82) is 0 Å². The van der Waals surface area contributed by atoms with Crippen LogP contribution in [0.4, 0.5) is 0 Å². The molecular weight excluding hydrogens is 410 g/mol. The van der Waals surface area contributed by atoms with E-state index in [9.17, 15) is 9.90 Å². The summed E-state index contributed by atoms with van der Waals surface area (Å²) in [5.74, 6) is 3.96. The van der Waals surface area contributed by atoms with Crippen LogP contribution in [-0.4, -0.2) is 34.8 Å². The predicted molar refractivity (Wildman–Crippen MR) is 131 cm³/mol. The molecule has 4 fully saturated rings. The summed E-state index contributed by atoms with van der Waals surface area (Å²) in [7, 11) is 0. The molecule has 0 spiro atoms. The molecule has 1 amide bonds. The molecule has 0 aromatic rings. The number of carbonyl (C=O) groups excluding carboxylic acids is 1. The highest BCUT2D eigenvalue weighted by Gasteiger charge is 2.59. The molecule has 3 saturated carbocycles. The second-order valence-corrected chi connectivity index (χ2v) is 12.9. The largest absolute Gasteiger partial charge is 0.393 e. The van der Waals surface area contributed by atoms with Crippen LogP contribution < -0.4 is 0 Å². The lowest BCUT2D eigenvalue weighted by Gasteiger charge is -2.58. The van der Waals surface area contributed by atoms with Crippen LogP contribution in [-0.2, 0) is 9.63 Å². The molecule has 1 N–H and O–H groups in total. The average molecular weight is 458 g/mol. The molecule has 1 heterocycles. The molecule has 5 rings (SSSR count). The Kier molecular flexibility index (Phi) is 6.48. The first-order valence-electron chi connectivity index (χ1n) is 14.1. The van der Waals surface area contributed by atoms with Crippen LogP contribution in [0.2, 0.25) is 0 Å². The third-order valence-electron chi connectivity index (χ3n) is 11.3. The lowest BCUT2D eigenvalue weighted by atomic mass is 9.47. The van der Waals surface area contributed by atoms with E-state index in [0.29, 0.717) is 29.8 Å². The van der Waals surface area contributed by atoms with Gasteiger partial charge in [0.1, 0.15) is 0 Å². The highest BCUT2D eigenvalue weighted by atomic mass is 16.7. The molecule has 5 aliphatic rings. The van der Waals surface area contributed by atoms with E-state index < -0.39 is 0 Å². The zero-order chi connectivity index (χ0) is 23.4. The van der Waals surface area contributed by atoms with Gasteiger partial charge in [-0.2, -0.15) is 0 Å². The Balaban J connectivity index is 1.25. The Morgan fingerprint density at radius 3 is 2.79 bits per heavy atom. The maximum absolute atomic E-state index is 12.8. The number of rotatable bonds is 4. The van der Waals surface area contributed by atoms with E-state index in [1.165, 1.54) is 38.5 Å². The van der Waals surface area contributed by atoms with Crippen LogP contribution in [0.1, 0.15) is 105 Å². The first-order valence-corrected chi connectivity index (χ1v) is 14.1. The van der Waals surface area contributed by atoms with Gasteiger partial charge in [-0.25, -0.2) is 5.06 Å². The Hall–Kier alpha value is -0.870. The fourth-order valence-corrected chi connectivity index (χ4v) is 9.38. The van der Waals surface area contributed by atoms with E-state index in [1.54, 1.807) is 10.6 Å². The minimum absolute atomic E-state index is 0.118. The van der Waals surface area contributed by atoms with Gasteiger partial charge in [0.2, 0.25) is 5.91 Å². The summed E-state index contributed by atoms with van der Waals surface area (Å²) >= 11 is 0. The molecule has 0 aromatic heterocycles. The maximum atomic E-state index is 12.8. The molecule has 186 valence electrons. The van der Waals surface area contributed by atoms with Gasteiger partial charge in [-0.15, -0.1) is 0 Å². The topological polar surface area (TPSA) is 49.8 Å². The van der Waals surface area contributed by atoms with Gasteiger partial charge in [0.05, 0.1) is 18.8 Å². The number of amides is 1. The highest BCUT2D eigenvalue weighted by Crippen LogP contribution is 2.67. The van der Waals surface area contributed by atoms with Crippen molar-refractivity contribution in [2.45, 2.75) is 117 Å². The van der Waals surface area contributed by atoms with Crippen LogP contribution in [0, 0.1) is 40.4 Å². The molecule has 1 aliphatic heterocycles. The van der Waals surface area contributed by atoms with Crippen molar-refractivity contribution < 1.29 is 14.7 Å². The zero-order valence-electron chi connectivity index (χ0n) is 21.5. The molecule has 0 bridgehead atoms. The fourth-order valence-electron chi connectivity index (χ4n) is 9.38. The third kappa shape index (κ3) is 4.01. The standard InChI is InChI=1S/C29H47NO3/c1-19(7-12-27(32)30-20(2)6-5-17-33-30)24-10-11-25-23-9-8-21-18-22(31)13-15-28(21,3)26(23)14-16-29(24,25)4/h8,19-20,22-26,31H,5-7,9-18H2,1-4H3/t19?,20-,22-,23-,24+,25-,26-,28-,29+/m0/s1. The Bertz CT molecular complexity index is 779. The Morgan fingerprint density at radius 1 is 1.18 bits per heavy atom. The average Bonchev–Trinajstić information content (AvgIpc) is 3.15. The number of aliphatic hydroxyl groups is 1. The van der Waals surface area contributed by atoms with Crippen molar-refractivity contribution in [3.8, 4) is 0 Å². The van der Waals surface area contributed by atoms with Crippen molar-refractivity contribution in [1.82, 2.24) is 5.06 Å². The maximum Gasteiger partial charge on any atom is 0.246 e. The first kappa shape index (κ1) is 23.9. The van der Waals surface area contributed by atoms with Crippen molar-refractivity contribution in [2.75, 3.05) is 6.61 Å². The number of allylic oxidation sites excluding steroid dienone is 1. The number of nitrogens with zero attached hydrogens (tertiary/aromatic N) is 1. The zero-order valence-corrected chi connectivity index (χ0v) is 21.5. The van der Waals surface area contributed by atoms with Gasteiger partial charge in [-0.05, 0) is 118 Å². The summed E-state index contributed by atoms with van der Waals surface area (Å²) in [6.07, 6.45) is 15.9. The third-order valence-corrected chi connectivity index (χ3v) is 11.3. The summed E-state index contributed by atoms with van der Waals surface area (Å²) in [5, 5.41) is 11.9. The van der Waals surface area contributed by atoms with Crippen molar-refractivity contribution >= 4 is 5.91 Å². The van der Waals surface area contributed by atoms with E-state index in [2.05, 4.69) is 33.8 Å². The number of aliphatic hydroxyl groups excluding tert-OH is 1. The van der Waals surface area contributed by atoms with Crippen molar-refractivity contribution in [2.24, 2.45) is 40.4 Å².